The Balaban J connectivity index is 1.68. The molecule has 1 N–H and O–H groups in total. The molecule has 3 rings (SSSR count). The van der Waals surface area contributed by atoms with Crippen molar-refractivity contribution >= 4 is 23.5 Å². The SMILES string of the molecule is COc1ccc(/C=N/NC(=O)c2sccc2-n2cccc2)cc1. The van der Waals surface area contributed by atoms with Crippen LogP contribution in [0, 0.1) is 0 Å². The van der Waals surface area contributed by atoms with Gasteiger partial charge in [0.05, 0.1) is 19.0 Å². The number of thiophene rings is 1. The summed E-state index contributed by atoms with van der Waals surface area (Å²) in [7, 11) is 1.62. The Bertz CT molecular complexity index is 805. The molecule has 0 atom stereocenters. The van der Waals surface area contributed by atoms with Crippen molar-refractivity contribution in [1.29, 1.82) is 0 Å². The molecule has 6 heteroatoms. The predicted octanol–water partition coefficient (Wildman–Crippen LogP) is 3.31. The minimum Gasteiger partial charge on any atom is -0.497 e. The normalized spacial score (nSPS) is 10.8. The van der Waals surface area contributed by atoms with E-state index >= 15 is 0 Å². The molecule has 0 saturated carbocycles. The van der Waals surface area contributed by atoms with Crippen molar-refractivity contribution in [3.05, 3.63) is 70.7 Å². The molecule has 0 aliphatic carbocycles. The van der Waals surface area contributed by atoms with Gasteiger partial charge in [-0.3, -0.25) is 4.79 Å². The zero-order valence-electron chi connectivity index (χ0n) is 12.5. The summed E-state index contributed by atoms with van der Waals surface area (Å²) in [5.74, 6) is 0.551. The first-order valence-corrected chi connectivity index (χ1v) is 7.84. The van der Waals surface area contributed by atoms with Gasteiger partial charge in [-0.1, -0.05) is 0 Å². The zero-order valence-corrected chi connectivity index (χ0v) is 13.3. The van der Waals surface area contributed by atoms with E-state index in [9.17, 15) is 4.79 Å². The van der Waals surface area contributed by atoms with Crippen LogP contribution in [0.2, 0.25) is 0 Å². The summed E-state index contributed by atoms with van der Waals surface area (Å²) >= 11 is 1.38. The lowest BCUT2D eigenvalue weighted by Gasteiger charge is -2.03. The molecule has 0 spiro atoms. The number of methoxy groups -OCH3 is 1. The van der Waals surface area contributed by atoms with Crippen molar-refractivity contribution in [2.24, 2.45) is 5.10 Å². The number of carbonyl (C=O) groups is 1. The van der Waals surface area contributed by atoms with E-state index in [1.54, 1.807) is 13.3 Å². The molecule has 1 amide bonds. The van der Waals surface area contributed by atoms with Crippen LogP contribution in [-0.4, -0.2) is 23.8 Å². The summed E-state index contributed by atoms with van der Waals surface area (Å²) in [5.41, 5.74) is 4.28. The average molecular weight is 325 g/mol. The zero-order chi connectivity index (χ0) is 16.1. The molecule has 0 fully saturated rings. The molecule has 3 aromatic rings. The van der Waals surface area contributed by atoms with Gasteiger partial charge in [-0.2, -0.15) is 5.10 Å². The Kier molecular flexibility index (Phi) is 4.54. The highest BCUT2D eigenvalue weighted by Crippen LogP contribution is 2.21. The number of carbonyl (C=O) groups excluding carboxylic acids is 1. The lowest BCUT2D eigenvalue weighted by molar-refractivity contribution is 0.0959. The maximum atomic E-state index is 12.3. The number of amides is 1. The predicted molar refractivity (Wildman–Crippen MR) is 91.7 cm³/mol. The Morgan fingerprint density at radius 1 is 1.22 bits per heavy atom. The molecule has 1 aromatic carbocycles. The Hall–Kier alpha value is -2.86. The van der Waals surface area contributed by atoms with Crippen LogP contribution < -0.4 is 10.2 Å². The number of hydrazone groups is 1. The summed E-state index contributed by atoms with van der Waals surface area (Å²) in [6, 6.07) is 13.2. The summed E-state index contributed by atoms with van der Waals surface area (Å²) < 4.78 is 7.00. The van der Waals surface area contributed by atoms with Crippen LogP contribution in [0.5, 0.6) is 5.75 Å². The van der Waals surface area contributed by atoms with Gasteiger partial charge in [0.15, 0.2) is 0 Å². The van der Waals surface area contributed by atoms with E-state index in [0.29, 0.717) is 4.88 Å². The summed E-state index contributed by atoms with van der Waals surface area (Å²) in [4.78, 5) is 12.9. The second kappa shape index (κ2) is 6.93. The molecular weight excluding hydrogens is 310 g/mol. The smallest absolute Gasteiger partial charge is 0.283 e. The molecule has 116 valence electrons. The monoisotopic (exact) mass is 325 g/mol. The van der Waals surface area contributed by atoms with Gasteiger partial charge < -0.3 is 9.30 Å². The third-order valence-corrected chi connectivity index (χ3v) is 4.13. The maximum absolute atomic E-state index is 12.3. The van der Waals surface area contributed by atoms with E-state index in [0.717, 1.165) is 17.0 Å². The highest BCUT2D eigenvalue weighted by atomic mass is 32.1. The second-order valence-electron chi connectivity index (χ2n) is 4.70. The Morgan fingerprint density at radius 2 is 1.96 bits per heavy atom. The molecule has 23 heavy (non-hydrogen) atoms. The number of rotatable bonds is 5. The highest BCUT2D eigenvalue weighted by Gasteiger charge is 2.13. The van der Waals surface area contributed by atoms with Crippen molar-refractivity contribution in [1.82, 2.24) is 9.99 Å². The summed E-state index contributed by atoms with van der Waals surface area (Å²) in [6.07, 6.45) is 5.40. The molecule has 2 aromatic heterocycles. The molecule has 0 aliphatic heterocycles. The van der Waals surface area contributed by atoms with Crippen LogP contribution >= 0.6 is 11.3 Å². The maximum Gasteiger partial charge on any atom is 0.283 e. The highest BCUT2D eigenvalue weighted by molar-refractivity contribution is 7.12. The van der Waals surface area contributed by atoms with Gasteiger partial charge in [0, 0.05) is 12.4 Å². The topological polar surface area (TPSA) is 55.6 Å². The van der Waals surface area contributed by atoms with Crippen LogP contribution in [0.3, 0.4) is 0 Å². The summed E-state index contributed by atoms with van der Waals surface area (Å²) in [5, 5.41) is 5.89. The van der Waals surface area contributed by atoms with Crippen LogP contribution in [0.25, 0.3) is 5.69 Å². The van der Waals surface area contributed by atoms with Gasteiger partial charge in [0.2, 0.25) is 0 Å². The molecule has 0 aliphatic rings. The minimum atomic E-state index is -0.228. The van der Waals surface area contributed by atoms with Crippen LogP contribution in [0.1, 0.15) is 15.2 Å². The fourth-order valence-electron chi connectivity index (χ4n) is 2.08. The van der Waals surface area contributed by atoms with E-state index < -0.39 is 0 Å². The third-order valence-electron chi connectivity index (χ3n) is 3.23. The lowest BCUT2D eigenvalue weighted by Crippen LogP contribution is -2.17. The molecule has 0 saturated heterocycles. The number of hydrogen-bond acceptors (Lipinski definition) is 4. The van der Waals surface area contributed by atoms with Crippen LogP contribution in [-0.2, 0) is 0 Å². The van der Waals surface area contributed by atoms with Gasteiger partial charge in [-0.05, 0) is 53.4 Å². The minimum absolute atomic E-state index is 0.228. The first kappa shape index (κ1) is 15.1. The standard InChI is InChI=1S/C17H15N3O2S/c1-22-14-6-4-13(5-7-14)12-18-19-17(21)16-15(8-11-23-16)20-9-2-3-10-20/h2-12H,1H3,(H,19,21)/b18-12+. The van der Waals surface area contributed by atoms with E-state index in [-0.39, 0.29) is 5.91 Å². The number of nitrogens with zero attached hydrogens (tertiary/aromatic N) is 2. The van der Waals surface area contributed by atoms with Crippen LogP contribution in [0.4, 0.5) is 0 Å². The van der Waals surface area contributed by atoms with Gasteiger partial charge in [0.25, 0.3) is 5.91 Å². The van der Waals surface area contributed by atoms with Crippen molar-refractivity contribution in [2.45, 2.75) is 0 Å². The van der Waals surface area contributed by atoms with Crippen molar-refractivity contribution < 1.29 is 9.53 Å². The van der Waals surface area contributed by atoms with Gasteiger partial charge in [-0.15, -0.1) is 11.3 Å². The molecule has 5 nitrogen and oxygen atoms in total. The molecule has 0 radical (unpaired) electrons. The molecule has 2 heterocycles. The second-order valence-corrected chi connectivity index (χ2v) is 5.61. The largest absolute Gasteiger partial charge is 0.497 e. The fourth-order valence-corrected chi connectivity index (χ4v) is 2.86. The Labute approximate surface area is 137 Å². The average Bonchev–Trinajstić information content (AvgIpc) is 3.26. The van der Waals surface area contributed by atoms with Gasteiger partial charge in [-0.25, -0.2) is 5.43 Å². The van der Waals surface area contributed by atoms with Crippen LogP contribution in [0.15, 0.2) is 65.3 Å². The van der Waals surface area contributed by atoms with Crippen molar-refractivity contribution in [3.8, 4) is 11.4 Å². The van der Waals surface area contributed by atoms with Gasteiger partial charge in [0.1, 0.15) is 10.6 Å². The molecule has 0 bridgehead atoms. The number of benzene rings is 1. The van der Waals surface area contributed by atoms with E-state index in [4.69, 9.17) is 4.74 Å². The first-order chi connectivity index (χ1) is 11.3. The van der Waals surface area contributed by atoms with Crippen molar-refractivity contribution in [2.75, 3.05) is 7.11 Å². The number of hydrogen-bond donors (Lipinski definition) is 1. The molecular formula is C17H15N3O2S. The number of nitrogens with one attached hydrogen (secondary N) is 1. The van der Waals surface area contributed by atoms with Crippen molar-refractivity contribution in [3.63, 3.8) is 0 Å². The quantitative estimate of drug-likeness (QED) is 0.578. The third kappa shape index (κ3) is 3.49. The number of aromatic nitrogens is 1. The van der Waals surface area contributed by atoms with E-state index in [1.807, 2.05) is 64.8 Å². The fraction of sp³-hybridized carbons (Fsp3) is 0.0588. The van der Waals surface area contributed by atoms with Gasteiger partial charge >= 0.3 is 0 Å². The van der Waals surface area contributed by atoms with E-state index in [2.05, 4.69) is 10.5 Å². The Morgan fingerprint density at radius 3 is 2.65 bits per heavy atom. The van der Waals surface area contributed by atoms with E-state index in [1.165, 1.54) is 11.3 Å². The lowest BCUT2D eigenvalue weighted by atomic mass is 10.2. The molecule has 0 unspecified atom stereocenters. The summed E-state index contributed by atoms with van der Waals surface area (Å²) in [6.45, 7) is 0. The first-order valence-electron chi connectivity index (χ1n) is 6.96. The number of ether oxygens (including phenoxy) is 1.